The van der Waals surface area contributed by atoms with Crippen molar-refractivity contribution in [1.82, 2.24) is 15.0 Å². The van der Waals surface area contributed by atoms with E-state index in [9.17, 15) is 4.79 Å². The summed E-state index contributed by atoms with van der Waals surface area (Å²) < 4.78 is 1.41. The summed E-state index contributed by atoms with van der Waals surface area (Å²) in [5.74, 6) is -1.13. The third kappa shape index (κ3) is 2.10. The number of aliphatic hydroxyl groups excluding tert-OH is 1. The molecule has 18 heavy (non-hydrogen) atoms. The Balaban J connectivity index is 2.63. The van der Waals surface area contributed by atoms with Crippen LogP contribution < -0.4 is 0 Å². The van der Waals surface area contributed by atoms with Crippen LogP contribution in [0, 0.1) is 6.92 Å². The topological polar surface area (TPSA) is 88.2 Å². The quantitative estimate of drug-likeness (QED) is 0.839. The molecule has 0 saturated heterocycles. The first-order valence-corrected chi connectivity index (χ1v) is 5.48. The zero-order valence-corrected chi connectivity index (χ0v) is 9.87. The average molecular weight is 247 g/mol. The molecular formula is C12H13N3O3. The van der Waals surface area contributed by atoms with Gasteiger partial charge in [0, 0.05) is 5.56 Å². The summed E-state index contributed by atoms with van der Waals surface area (Å²) in [5.41, 5.74) is 2.02. The summed E-state index contributed by atoms with van der Waals surface area (Å²) in [6, 6.07) is 7.40. The summed E-state index contributed by atoms with van der Waals surface area (Å²) in [6.07, 6.45) is 0. The number of rotatable bonds is 4. The highest BCUT2D eigenvalue weighted by molar-refractivity contribution is 5.93. The first-order chi connectivity index (χ1) is 8.65. The second kappa shape index (κ2) is 4.97. The van der Waals surface area contributed by atoms with E-state index >= 15 is 0 Å². The van der Waals surface area contributed by atoms with Gasteiger partial charge in [-0.1, -0.05) is 29.5 Å². The molecule has 0 aliphatic heterocycles. The monoisotopic (exact) mass is 247 g/mol. The molecule has 0 saturated carbocycles. The number of carboxylic acids is 1. The lowest BCUT2D eigenvalue weighted by molar-refractivity contribution is 0.0691. The standard InChI is InChI=1S/C12H13N3O3/c1-8-4-2-3-5-9(8)11-10(12(17)18)13-14-15(11)6-7-16/h2-5,16H,6-7H2,1H3,(H,17,18). The number of carbonyl (C=O) groups is 1. The van der Waals surface area contributed by atoms with Crippen molar-refractivity contribution in [2.24, 2.45) is 0 Å². The molecule has 0 radical (unpaired) electrons. The molecule has 0 spiro atoms. The summed E-state index contributed by atoms with van der Waals surface area (Å²) in [7, 11) is 0. The SMILES string of the molecule is Cc1ccccc1-c1c(C(=O)O)nnn1CCO. The highest BCUT2D eigenvalue weighted by Crippen LogP contribution is 2.25. The Morgan fingerprint density at radius 3 is 2.72 bits per heavy atom. The van der Waals surface area contributed by atoms with Gasteiger partial charge in [0.05, 0.1) is 13.2 Å². The number of aromatic nitrogens is 3. The van der Waals surface area contributed by atoms with Crippen molar-refractivity contribution < 1.29 is 15.0 Å². The van der Waals surface area contributed by atoms with Crippen molar-refractivity contribution >= 4 is 5.97 Å². The predicted octanol–water partition coefficient (Wildman–Crippen LogP) is 0.944. The van der Waals surface area contributed by atoms with E-state index in [0.717, 1.165) is 11.1 Å². The number of hydrogen-bond donors (Lipinski definition) is 2. The average Bonchev–Trinajstić information content (AvgIpc) is 2.74. The van der Waals surface area contributed by atoms with Crippen molar-refractivity contribution in [2.45, 2.75) is 13.5 Å². The number of aromatic carboxylic acids is 1. The van der Waals surface area contributed by atoms with Crippen molar-refractivity contribution in [2.75, 3.05) is 6.61 Å². The lowest BCUT2D eigenvalue weighted by Crippen LogP contribution is -2.08. The van der Waals surface area contributed by atoms with Crippen LogP contribution in [-0.4, -0.2) is 37.8 Å². The van der Waals surface area contributed by atoms with Gasteiger partial charge in [0.1, 0.15) is 5.69 Å². The molecule has 0 bridgehead atoms. The van der Waals surface area contributed by atoms with Crippen LogP contribution in [0.3, 0.4) is 0 Å². The molecule has 0 fully saturated rings. The first kappa shape index (κ1) is 12.3. The zero-order chi connectivity index (χ0) is 13.1. The Morgan fingerprint density at radius 1 is 1.39 bits per heavy atom. The summed E-state index contributed by atoms with van der Waals surface area (Å²) in [4.78, 5) is 11.1. The van der Waals surface area contributed by atoms with Crippen LogP contribution >= 0.6 is 0 Å². The maximum absolute atomic E-state index is 11.1. The second-order valence-corrected chi connectivity index (χ2v) is 3.85. The molecule has 2 N–H and O–H groups in total. The van der Waals surface area contributed by atoms with E-state index in [2.05, 4.69) is 10.3 Å². The highest BCUT2D eigenvalue weighted by atomic mass is 16.4. The number of aryl methyl sites for hydroxylation is 1. The van der Waals surface area contributed by atoms with Gasteiger partial charge in [-0.2, -0.15) is 0 Å². The third-order valence-electron chi connectivity index (χ3n) is 2.65. The lowest BCUT2D eigenvalue weighted by atomic mass is 10.0. The number of carboxylic acid groups (broad SMARTS) is 1. The van der Waals surface area contributed by atoms with Crippen LogP contribution in [0.5, 0.6) is 0 Å². The Labute approximate surface area is 103 Å². The van der Waals surface area contributed by atoms with Gasteiger partial charge >= 0.3 is 5.97 Å². The van der Waals surface area contributed by atoms with Crippen molar-refractivity contribution in [3.63, 3.8) is 0 Å². The summed E-state index contributed by atoms with van der Waals surface area (Å²) in [5, 5.41) is 25.5. The van der Waals surface area contributed by atoms with Crippen molar-refractivity contribution in [3.8, 4) is 11.3 Å². The fourth-order valence-electron chi connectivity index (χ4n) is 1.81. The number of nitrogens with zero attached hydrogens (tertiary/aromatic N) is 3. The first-order valence-electron chi connectivity index (χ1n) is 5.48. The van der Waals surface area contributed by atoms with Crippen LogP contribution in [-0.2, 0) is 6.54 Å². The fourth-order valence-corrected chi connectivity index (χ4v) is 1.81. The molecule has 6 heteroatoms. The van der Waals surface area contributed by atoms with Gasteiger partial charge in [0.15, 0.2) is 5.69 Å². The molecule has 6 nitrogen and oxygen atoms in total. The van der Waals surface area contributed by atoms with E-state index < -0.39 is 5.97 Å². The normalized spacial score (nSPS) is 10.6. The Morgan fingerprint density at radius 2 is 2.11 bits per heavy atom. The van der Waals surface area contributed by atoms with Gasteiger partial charge in [-0.15, -0.1) is 5.10 Å². The third-order valence-corrected chi connectivity index (χ3v) is 2.65. The smallest absolute Gasteiger partial charge is 0.358 e. The van der Waals surface area contributed by atoms with Crippen LogP contribution in [0.25, 0.3) is 11.3 Å². The lowest BCUT2D eigenvalue weighted by Gasteiger charge is -2.08. The molecule has 1 aromatic heterocycles. The van der Waals surface area contributed by atoms with Crippen molar-refractivity contribution in [1.29, 1.82) is 0 Å². The van der Waals surface area contributed by atoms with E-state index in [1.165, 1.54) is 4.68 Å². The zero-order valence-electron chi connectivity index (χ0n) is 9.87. The second-order valence-electron chi connectivity index (χ2n) is 3.85. The minimum atomic E-state index is -1.13. The maximum atomic E-state index is 11.1. The van der Waals surface area contributed by atoms with Gasteiger partial charge in [-0.25, -0.2) is 9.48 Å². The Bertz CT molecular complexity index is 578. The van der Waals surface area contributed by atoms with E-state index in [4.69, 9.17) is 10.2 Å². The minimum absolute atomic E-state index is 0.0993. The molecular weight excluding hydrogens is 234 g/mol. The molecule has 0 unspecified atom stereocenters. The van der Waals surface area contributed by atoms with Gasteiger partial charge < -0.3 is 10.2 Å². The minimum Gasteiger partial charge on any atom is -0.476 e. The maximum Gasteiger partial charge on any atom is 0.358 e. The fraction of sp³-hybridized carbons (Fsp3) is 0.250. The molecule has 0 atom stereocenters. The van der Waals surface area contributed by atoms with Crippen molar-refractivity contribution in [3.05, 3.63) is 35.5 Å². The van der Waals surface area contributed by atoms with E-state index in [1.54, 1.807) is 0 Å². The highest BCUT2D eigenvalue weighted by Gasteiger charge is 2.21. The molecule has 0 aliphatic carbocycles. The number of benzene rings is 1. The predicted molar refractivity (Wildman–Crippen MR) is 64.2 cm³/mol. The molecule has 1 aromatic carbocycles. The molecule has 0 amide bonds. The van der Waals surface area contributed by atoms with Crippen LogP contribution in [0.2, 0.25) is 0 Å². The van der Waals surface area contributed by atoms with Gasteiger partial charge in [0.25, 0.3) is 0 Å². The summed E-state index contributed by atoms with van der Waals surface area (Å²) in [6.45, 7) is 1.97. The molecule has 94 valence electrons. The van der Waals surface area contributed by atoms with Crippen LogP contribution in [0.4, 0.5) is 0 Å². The Kier molecular flexibility index (Phi) is 3.38. The van der Waals surface area contributed by atoms with E-state index in [0.29, 0.717) is 5.69 Å². The summed E-state index contributed by atoms with van der Waals surface area (Å²) >= 11 is 0. The molecule has 2 aromatic rings. The Hall–Kier alpha value is -2.21. The van der Waals surface area contributed by atoms with E-state index in [1.807, 2.05) is 31.2 Å². The van der Waals surface area contributed by atoms with Gasteiger partial charge in [-0.3, -0.25) is 0 Å². The van der Waals surface area contributed by atoms with Crippen LogP contribution in [0.15, 0.2) is 24.3 Å². The number of aliphatic hydroxyl groups is 1. The largest absolute Gasteiger partial charge is 0.476 e. The molecule has 2 rings (SSSR count). The van der Waals surface area contributed by atoms with Gasteiger partial charge in [0.2, 0.25) is 0 Å². The van der Waals surface area contributed by atoms with Gasteiger partial charge in [-0.05, 0) is 12.5 Å². The van der Waals surface area contributed by atoms with E-state index in [-0.39, 0.29) is 18.8 Å². The molecule has 1 heterocycles. The van der Waals surface area contributed by atoms with Crippen LogP contribution in [0.1, 0.15) is 16.1 Å². The number of hydrogen-bond acceptors (Lipinski definition) is 4. The molecule has 0 aliphatic rings.